The maximum Gasteiger partial charge on any atom is -0.00799 e. The minimum Gasteiger partial charge on any atom is -0.330 e. The summed E-state index contributed by atoms with van der Waals surface area (Å²) in [5, 5.41) is 0. The van der Waals surface area contributed by atoms with Gasteiger partial charge < -0.3 is 5.73 Å². The first-order valence-electron chi connectivity index (χ1n) is 3.61. The monoisotopic (exact) mass is 149 g/mol. The summed E-state index contributed by atoms with van der Waals surface area (Å²) in [5.41, 5.74) is 5.03. The molecule has 0 aliphatic rings. The molecule has 0 spiro atoms. The van der Waals surface area contributed by atoms with Crippen molar-refractivity contribution in [1.82, 2.24) is 0 Å². The summed E-state index contributed by atoms with van der Waals surface area (Å²) in [6.45, 7) is 7.22. The number of thioether (sulfide) groups is 1. The van der Waals surface area contributed by atoms with E-state index in [2.05, 4.69) is 20.8 Å². The van der Waals surface area contributed by atoms with Crippen LogP contribution >= 0.6 is 11.8 Å². The Balaban J connectivity index is 0. The van der Waals surface area contributed by atoms with Gasteiger partial charge in [-0.2, -0.15) is 11.8 Å². The fraction of sp³-hybridized carbons (Fsp3) is 1.00. The van der Waals surface area contributed by atoms with Crippen LogP contribution in [0.4, 0.5) is 0 Å². The largest absolute Gasteiger partial charge is 0.330 e. The van der Waals surface area contributed by atoms with Crippen LogP contribution in [0.15, 0.2) is 0 Å². The van der Waals surface area contributed by atoms with Crippen LogP contribution in [0.5, 0.6) is 0 Å². The molecule has 58 valence electrons. The molecule has 2 N–H and O–H groups in total. The van der Waals surface area contributed by atoms with E-state index in [1.54, 1.807) is 0 Å². The summed E-state index contributed by atoms with van der Waals surface area (Å²) in [6.07, 6.45) is 1.10. The van der Waals surface area contributed by atoms with Crippen molar-refractivity contribution >= 4 is 11.8 Å². The van der Waals surface area contributed by atoms with Crippen molar-refractivity contribution in [2.75, 3.05) is 18.1 Å². The fourth-order valence-electron chi connectivity index (χ4n) is 0.204. The molecule has 0 aromatic heterocycles. The van der Waals surface area contributed by atoms with Gasteiger partial charge in [-0.05, 0) is 24.5 Å². The van der Waals surface area contributed by atoms with Gasteiger partial charge >= 0.3 is 0 Å². The predicted molar refractivity (Wildman–Crippen MR) is 48.0 cm³/mol. The molecule has 0 rings (SSSR count). The molecular weight excluding hydrogens is 130 g/mol. The fourth-order valence-corrected chi connectivity index (χ4v) is 0.612. The molecule has 0 aromatic carbocycles. The highest BCUT2D eigenvalue weighted by Gasteiger charge is 1.67. The molecule has 2 heteroatoms. The SMILES string of the molecule is CCCN.CCSCC. The van der Waals surface area contributed by atoms with Crippen molar-refractivity contribution < 1.29 is 0 Å². The third-order valence-electron chi connectivity index (χ3n) is 0.697. The van der Waals surface area contributed by atoms with Crippen LogP contribution in [0.25, 0.3) is 0 Å². The second-order valence-electron chi connectivity index (χ2n) is 1.57. The van der Waals surface area contributed by atoms with Crippen molar-refractivity contribution in [3.05, 3.63) is 0 Å². The van der Waals surface area contributed by atoms with Gasteiger partial charge in [0.25, 0.3) is 0 Å². The number of hydrogen-bond donors (Lipinski definition) is 1. The molecule has 0 bridgehead atoms. The average Bonchev–Trinajstić information content (AvgIpc) is 1.91. The van der Waals surface area contributed by atoms with Gasteiger partial charge in [-0.25, -0.2) is 0 Å². The van der Waals surface area contributed by atoms with Crippen molar-refractivity contribution in [2.45, 2.75) is 27.2 Å². The Labute approximate surface area is 63.4 Å². The lowest BCUT2D eigenvalue weighted by molar-refractivity contribution is 0.932. The molecule has 1 nitrogen and oxygen atoms in total. The van der Waals surface area contributed by atoms with E-state index in [4.69, 9.17) is 5.73 Å². The number of nitrogens with two attached hydrogens (primary N) is 1. The van der Waals surface area contributed by atoms with Crippen LogP contribution in [-0.2, 0) is 0 Å². The van der Waals surface area contributed by atoms with Gasteiger partial charge in [-0.3, -0.25) is 0 Å². The van der Waals surface area contributed by atoms with Gasteiger partial charge in [0.1, 0.15) is 0 Å². The first kappa shape index (κ1) is 12.0. The molecule has 0 fully saturated rings. The molecular formula is C7H19NS. The second kappa shape index (κ2) is 15.7. The Hall–Kier alpha value is 0.310. The summed E-state index contributed by atoms with van der Waals surface area (Å²) < 4.78 is 0. The summed E-state index contributed by atoms with van der Waals surface area (Å²) in [7, 11) is 0. The van der Waals surface area contributed by atoms with E-state index in [0.717, 1.165) is 13.0 Å². The van der Waals surface area contributed by atoms with Crippen molar-refractivity contribution in [1.29, 1.82) is 0 Å². The third-order valence-corrected chi connectivity index (χ3v) is 1.51. The van der Waals surface area contributed by atoms with E-state index in [1.807, 2.05) is 11.8 Å². The summed E-state index contributed by atoms with van der Waals surface area (Å²) in [5.74, 6) is 2.52. The van der Waals surface area contributed by atoms with Crippen molar-refractivity contribution in [3.63, 3.8) is 0 Å². The van der Waals surface area contributed by atoms with Gasteiger partial charge in [0.15, 0.2) is 0 Å². The maximum atomic E-state index is 5.03. The topological polar surface area (TPSA) is 26.0 Å². The van der Waals surface area contributed by atoms with E-state index in [1.165, 1.54) is 11.5 Å². The minimum absolute atomic E-state index is 0.819. The van der Waals surface area contributed by atoms with E-state index in [0.29, 0.717) is 0 Å². The van der Waals surface area contributed by atoms with Crippen molar-refractivity contribution in [2.24, 2.45) is 5.73 Å². The summed E-state index contributed by atoms with van der Waals surface area (Å²) in [4.78, 5) is 0. The first-order chi connectivity index (χ1) is 4.33. The molecule has 9 heavy (non-hydrogen) atoms. The highest BCUT2D eigenvalue weighted by Crippen LogP contribution is 1.93. The zero-order valence-electron chi connectivity index (χ0n) is 6.81. The Bertz CT molecular complexity index is 28.1. The van der Waals surface area contributed by atoms with E-state index in [-0.39, 0.29) is 0 Å². The predicted octanol–water partition coefficient (Wildman–Crippen LogP) is 2.11. The molecule has 0 saturated heterocycles. The minimum atomic E-state index is 0.819. The Morgan fingerprint density at radius 1 is 1.11 bits per heavy atom. The van der Waals surface area contributed by atoms with Gasteiger partial charge in [-0.1, -0.05) is 20.8 Å². The van der Waals surface area contributed by atoms with Crippen LogP contribution in [0.2, 0.25) is 0 Å². The lowest BCUT2D eigenvalue weighted by atomic mass is 10.5. The molecule has 0 unspecified atom stereocenters. The van der Waals surface area contributed by atoms with E-state index >= 15 is 0 Å². The number of hydrogen-bond acceptors (Lipinski definition) is 2. The normalized spacial score (nSPS) is 8.00. The van der Waals surface area contributed by atoms with Crippen LogP contribution in [0, 0.1) is 0 Å². The molecule has 0 radical (unpaired) electrons. The highest BCUT2D eigenvalue weighted by molar-refractivity contribution is 7.99. The molecule has 0 atom stereocenters. The quantitative estimate of drug-likeness (QED) is 0.665. The molecule has 0 heterocycles. The second-order valence-corrected chi connectivity index (χ2v) is 3.13. The zero-order valence-corrected chi connectivity index (χ0v) is 7.63. The standard InChI is InChI=1S/C4H10S.C3H9N/c1-3-5-4-2;1-2-3-4/h3-4H2,1-2H3;2-4H2,1H3. The van der Waals surface area contributed by atoms with E-state index < -0.39 is 0 Å². The van der Waals surface area contributed by atoms with Gasteiger partial charge in [0, 0.05) is 0 Å². The maximum absolute atomic E-state index is 5.03. The zero-order chi connectivity index (χ0) is 7.54. The van der Waals surface area contributed by atoms with Crippen LogP contribution in [-0.4, -0.2) is 18.1 Å². The van der Waals surface area contributed by atoms with Crippen molar-refractivity contribution in [3.8, 4) is 0 Å². The smallest absolute Gasteiger partial charge is 0.00799 e. The molecule has 0 saturated carbocycles. The molecule has 0 amide bonds. The Morgan fingerprint density at radius 2 is 1.44 bits per heavy atom. The van der Waals surface area contributed by atoms with Gasteiger partial charge in [0.2, 0.25) is 0 Å². The third kappa shape index (κ3) is 30.2. The average molecular weight is 149 g/mol. The van der Waals surface area contributed by atoms with E-state index in [9.17, 15) is 0 Å². The lowest BCUT2D eigenvalue weighted by Crippen LogP contribution is -1.93. The van der Waals surface area contributed by atoms with Crippen LogP contribution < -0.4 is 5.73 Å². The molecule has 0 aromatic rings. The highest BCUT2D eigenvalue weighted by atomic mass is 32.2. The van der Waals surface area contributed by atoms with Gasteiger partial charge in [0.05, 0.1) is 0 Å². The van der Waals surface area contributed by atoms with Crippen LogP contribution in [0.3, 0.4) is 0 Å². The molecule has 0 aliphatic carbocycles. The summed E-state index contributed by atoms with van der Waals surface area (Å²) in [6, 6.07) is 0. The number of rotatable bonds is 3. The lowest BCUT2D eigenvalue weighted by Gasteiger charge is -1.80. The summed E-state index contributed by atoms with van der Waals surface area (Å²) >= 11 is 1.96. The molecule has 0 aliphatic heterocycles. The van der Waals surface area contributed by atoms with Crippen LogP contribution in [0.1, 0.15) is 27.2 Å². The Morgan fingerprint density at radius 3 is 1.44 bits per heavy atom. The Kier molecular flexibility index (Phi) is 21.1. The van der Waals surface area contributed by atoms with Gasteiger partial charge in [-0.15, -0.1) is 0 Å². The first-order valence-corrected chi connectivity index (χ1v) is 4.76.